The molecule has 2 N–H and O–H groups in total. The summed E-state index contributed by atoms with van der Waals surface area (Å²) in [5.41, 5.74) is 1.13. The maximum absolute atomic E-state index is 11.3. The number of amides is 2. The van der Waals surface area contributed by atoms with Crippen LogP contribution in [0.3, 0.4) is 0 Å². The Hall–Kier alpha value is -1.83. The molecular weight excluding hydrogens is 282 g/mol. The van der Waals surface area contributed by atoms with Gasteiger partial charge in [0.05, 0.1) is 10.4 Å². The molecule has 0 saturated heterocycles. The third-order valence-electron chi connectivity index (χ3n) is 1.89. The first kappa shape index (κ1) is 16.2. The SMILES string of the molecule is CC(C)(C)OC(=O)NCCNC(=O)OCc1cncs1. The van der Waals surface area contributed by atoms with Crippen molar-refractivity contribution in [3.05, 3.63) is 16.6 Å². The van der Waals surface area contributed by atoms with E-state index in [1.165, 1.54) is 11.3 Å². The molecule has 0 bridgehead atoms. The Kier molecular flexibility index (Phi) is 6.23. The lowest BCUT2D eigenvalue weighted by molar-refractivity contribution is 0.0527. The molecule has 1 aromatic rings. The van der Waals surface area contributed by atoms with Crippen molar-refractivity contribution in [2.75, 3.05) is 13.1 Å². The molecule has 0 spiro atoms. The number of thiazole rings is 1. The predicted molar refractivity (Wildman–Crippen MR) is 74.5 cm³/mol. The molecule has 1 aromatic heterocycles. The Balaban J connectivity index is 2.06. The van der Waals surface area contributed by atoms with Crippen molar-refractivity contribution in [3.8, 4) is 0 Å². The summed E-state index contributed by atoms with van der Waals surface area (Å²) >= 11 is 1.41. The minimum absolute atomic E-state index is 0.190. The molecule has 7 nitrogen and oxygen atoms in total. The van der Waals surface area contributed by atoms with Gasteiger partial charge in [0.2, 0.25) is 0 Å². The zero-order valence-electron chi connectivity index (χ0n) is 11.8. The smallest absolute Gasteiger partial charge is 0.407 e. The van der Waals surface area contributed by atoms with Crippen molar-refractivity contribution in [3.63, 3.8) is 0 Å². The summed E-state index contributed by atoms with van der Waals surface area (Å²) < 4.78 is 9.99. The van der Waals surface area contributed by atoms with Crippen LogP contribution in [0.2, 0.25) is 0 Å². The number of nitrogens with zero attached hydrogens (tertiary/aromatic N) is 1. The van der Waals surface area contributed by atoms with E-state index in [-0.39, 0.29) is 19.7 Å². The topological polar surface area (TPSA) is 89.6 Å². The van der Waals surface area contributed by atoms with E-state index in [0.717, 1.165) is 4.88 Å². The highest BCUT2D eigenvalue weighted by Gasteiger charge is 2.15. The lowest BCUT2D eigenvalue weighted by Crippen LogP contribution is -2.37. The molecule has 0 aliphatic rings. The van der Waals surface area contributed by atoms with Crippen LogP contribution in [0.1, 0.15) is 25.6 Å². The van der Waals surface area contributed by atoms with E-state index in [4.69, 9.17) is 9.47 Å². The van der Waals surface area contributed by atoms with Crippen LogP contribution in [0.4, 0.5) is 9.59 Å². The molecule has 0 aliphatic carbocycles. The van der Waals surface area contributed by atoms with E-state index >= 15 is 0 Å². The monoisotopic (exact) mass is 301 g/mol. The molecule has 0 radical (unpaired) electrons. The van der Waals surface area contributed by atoms with Gasteiger partial charge in [-0.2, -0.15) is 0 Å². The van der Waals surface area contributed by atoms with Gasteiger partial charge in [-0.05, 0) is 20.8 Å². The van der Waals surface area contributed by atoms with E-state index in [0.29, 0.717) is 0 Å². The fourth-order valence-electron chi connectivity index (χ4n) is 1.14. The Labute approximate surface area is 121 Å². The van der Waals surface area contributed by atoms with Crippen LogP contribution in [0.25, 0.3) is 0 Å². The number of ether oxygens (including phenoxy) is 2. The first-order valence-electron chi connectivity index (χ1n) is 6.11. The van der Waals surface area contributed by atoms with E-state index < -0.39 is 17.8 Å². The van der Waals surface area contributed by atoms with Crippen molar-refractivity contribution in [1.82, 2.24) is 15.6 Å². The van der Waals surface area contributed by atoms with Gasteiger partial charge >= 0.3 is 12.2 Å². The van der Waals surface area contributed by atoms with Crippen LogP contribution in [-0.2, 0) is 16.1 Å². The number of hydrogen-bond acceptors (Lipinski definition) is 6. The zero-order chi connectivity index (χ0) is 15.0. The Bertz CT molecular complexity index is 428. The van der Waals surface area contributed by atoms with E-state index in [1.54, 1.807) is 32.5 Å². The second kappa shape index (κ2) is 7.68. The van der Waals surface area contributed by atoms with E-state index in [9.17, 15) is 9.59 Å². The second-order valence-corrected chi connectivity index (χ2v) is 5.87. The lowest BCUT2D eigenvalue weighted by Gasteiger charge is -2.19. The molecule has 112 valence electrons. The molecule has 0 aromatic carbocycles. The highest BCUT2D eigenvalue weighted by molar-refractivity contribution is 7.09. The number of alkyl carbamates (subject to hydrolysis) is 2. The molecular formula is C12H19N3O4S. The summed E-state index contributed by atoms with van der Waals surface area (Å²) in [5, 5.41) is 5.04. The Morgan fingerprint density at radius 3 is 2.45 bits per heavy atom. The minimum atomic E-state index is -0.538. The minimum Gasteiger partial charge on any atom is -0.444 e. The van der Waals surface area contributed by atoms with Crippen LogP contribution >= 0.6 is 11.3 Å². The second-order valence-electron chi connectivity index (χ2n) is 4.90. The van der Waals surface area contributed by atoms with Crippen LogP contribution in [-0.4, -0.2) is 35.9 Å². The summed E-state index contributed by atoms with van der Waals surface area (Å²) in [7, 11) is 0. The fraction of sp³-hybridized carbons (Fsp3) is 0.583. The largest absolute Gasteiger partial charge is 0.444 e. The molecule has 0 atom stereocenters. The van der Waals surface area contributed by atoms with Gasteiger partial charge in [-0.15, -0.1) is 11.3 Å². The quantitative estimate of drug-likeness (QED) is 0.811. The molecule has 2 amide bonds. The highest BCUT2D eigenvalue weighted by atomic mass is 32.1. The number of nitrogens with one attached hydrogen (secondary N) is 2. The summed E-state index contributed by atoms with van der Waals surface area (Å²) in [6, 6.07) is 0. The van der Waals surface area contributed by atoms with Gasteiger partial charge in [0.1, 0.15) is 12.2 Å². The molecule has 1 rings (SSSR count). The highest BCUT2D eigenvalue weighted by Crippen LogP contribution is 2.07. The van der Waals surface area contributed by atoms with Crippen LogP contribution in [0.15, 0.2) is 11.7 Å². The van der Waals surface area contributed by atoms with Crippen LogP contribution in [0.5, 0.6) is 0 Å². The normalized spacial score (nSPS) is 10.8. The van der Waals surface area contributed by atoms with E-state index in [1.807, 2.05) is 0 Å². The fourth-order valence-corrected chi connectivity index (χ4v) is 1.65. The molecule has 0 fully saturated rings. The standard InChI is InChI=1S/C12H19N3O4S/c1-12(2,3)19-11(17)15-5-4-14-10(16)18-7-9-6-13-8-20-9/h6,8H,4-5,7H2,1-3H3,(H,14,16)(H,15,17). The molecule has 0 aliphatic heterocycles. The van der Waals surface area contributed by atoms with Gasteiger partial charge in [0.15, 0.2) is 0 Å². The first-order valence-corrected chi connectivity index (χ1v) is 6.99. The molecule has 0 unspecified atom stereocenters. The average molecular weight is 301 g/mol. The summed E-state index contributed by atoms with van der Waals surface area (Å²) in [4.78, 5) is 27.4. The van der Waals surface area contributed by atoms with Crippen LogP contribution < -0.4 is 10.6 Å². The summed E-state index contributed by atoms with van der Waals surface area (Å²) in [6.45, 7) is 6.06. The van der Waals surface area contributed by atoms with Crippen molar-refractivity contribution in [2.24, 2.45) is 0 Å². The Morgan fingerprint density at radius 1 is 1.25 bits per heavy atom. The number of aromatic nitrogens is 1. The summed E-state index contributed by atoms with van der Waals surface area (Å²) in [6.07, 6.45) is 0.587. The molecule has 0 saturated carbocycles. The molecule has 8 heteroatoms. The maximum atomic E-state index is 11.3. The number of rotatable bonds is 5. The Morgan fingerprint density at radius 2 is 1.90 bits per heavy atom. The van der Waals surface area contributed by atoms with Gasteiger partial charge in [0.25, 0.3) is 0 Å². The third-order valence-corrected chi connectivity index (χ3v) is 2.64. The predicted octanol–water partition coefficient (Wildman–Crippen LogP) is 1.89. The van der Waals surface area contributed by atoms with Crippen molar-refractivity contribution < 1.29 is 19.1 Å². The van der Waals surface area contributed by atoms with Gasteiger partial charge in [0, 0.05) is 19.3 Å². The van der Waals surface area contributed by atoms with Crippen molar-refractivity contribution >= 4 is 23.5 Å². The first-order chi connectivity index (χ1) is 9.37. The van der Waals surface area contributed by atoms with Crippen molar-refractivity contribution in [1.29, 1.82) is 0 Å². The molecule has 20 heavy (non-hydrogen) atoms. The average Bonchev–Trinajstić information content (AvgIpc) is 2.83. The lowest BCUT2D eigenvalue weighted by atomic mass is 10.2. The third kappa shape index (κ3) is 7.57. The number of carbonyl (C=O) groups is 2. The summed E-state index contributed by atoms with van der Waals surface area (Å²) in [5.74, 6) is 0. The van der Waals surface area contributed by atoms with E-state index in [2.05, 4.69) is 15.6 Å². The number of carbonyl (C=O) groups excluding carboxylic acids is 2. The van der Waals surface area contributed by atoms with Gasteiger partial charge in [-0.25, -0.2) is 9.59 Å². The maximum Gasteiger partial charge on any atom is 0.407 e. The number of hydrogen-bond donors (Lipinski definition) is 2. The molecule has 1 heterocycles. The van der Waals surface area contributed by atoms with Crippen molar-refractivity contribution in [2.45, 2.75) is 33.0 Å². The van der Waals surface area contributed by atoms with Gasteiger partial charge < -0.3 is 20.1 Å². The van der Waals surface area contributed by atoms with Crippen LogP contribution in [0, 0.1) is 0 Å². The van der Waals surface area contributed by atoms with Gasteiger partial charge in [-0.3, -0.25) is 4.98 Å². The van der Waals surface area contributed by atoms with Gasteiger partial charge in [-0.1, -0.05) is 0 Å². The zero-order valence-corrected chi connectivity index (χ0v) is 12.6.